The Morgan fingerprint density at radius 1 is 1.68 bits per heavy atom. The SMILES string of the molecule is C#C[C@]1(CO)OC[C@@](Cl)(n2ccc(=O)[nH]c2=O)[C@@H]1O. The van der Waals surface area contributed by atoms with E-state index < -0.39 is 34.6 Å². The molecule has 0 unspecified atom stereocenters. The molecule has 3 atom stereocenters. The molecule has 7 nitrogen and oxygen atoms in total. The van der Waals surface area contributed by atoms with Gasteiger partial charge in [-0.15, -0.1) is 6.42 Å². The summed E-state index contributed by atoms with van der Waals surface area (Å²) in [6.07, 6.45) is 4.83. The van der Waals surface area contributed by atoms with E-state index in [1.165, 1.54) is 0 Å². The van der Waals surface area contributed by atoms with Crippen LogP contribution in [0.1, 0.15) is 0 Å². The first-order chi connectivity index (χ1) is 8.89. The van der Waals surface area contributed by atoms with Gasteiger partial charge in [-0.1, -0.05) is 17.5 Å². The van der Waals surface area contributed by atoms with Crippen LogP contribution < -0.4 is 11.2 Å². The number of aliphatic hydroxyl groups excluding tert-OH is 2. The number of alkyl halides is 1. The molecule has 1 aliphatic heterocycles. The molecule has 19 heavy (non-hydrogen) atoms. The van der Waals surface area contributed by atoms with Crippen LogP contribution in [0.3, 0.4) is 0 Å². The summed E-state index contributed by atoms with van der Waals surface area (Å²) in [5, 5.41) is 19.4. The van der Waals surface area contributed by atoms with Gasteiger partial charge in [0.25, 0.3) is 5.56 Å². The lowest BCUT2D eigenvalue weighted by atomic mass is 9.95. The molecule has 8 heteroatoms. The van der Waals surface area contributed by atoms with Crippen molar-refractivity contribution in [1.82, 2.24) is 9.55 Å². The van der Waals surface area contributed by atoms with Crippen LogP contribution in [0.15, 0.2) is 21.9 Å². The Balaban J connectivity index is 2.54. The molecule has 0 bridgehead atoms. The number of ether oxygens (including phenoxy) is 1. The molecule has 0 spiro atoms. The molecule has 102 valence electrons. The Kier molecular flexibility index (Phi) is 3.28. The molecular weight excluding hydrogens is 276 g/mol. The maximum atomic E-state index is 11.7. The van der Waals surface area contributed by atoms with Crippen LogP contribution in [0, 0.1) is 12.3 Å². The number of nitrogens with one attached hydrogen (secondary N) is 1. The lowest BCUT2D eigenvalue weighted by Gasteiger charge is -2.30. The highest BCUT2D eigenvalue weighted by Gasteiger charge is 2.58. The van der Waals surface area contributed by atoms with Gasteiger partial charge in [-0.3, -0.25) is 14.3 Å². The number of hydrogen-bond donors (Lipinski definition) is 3. The van der Waals surface area contributed by atoms with Crippen molar-refractivity contribution in [2.24, 2.45) is 0 Å². The molecular formula is C11H11ClN2O5. The highest BCUT2D eigenvalue weighted by Crippen LogP contribution is 2.40. The van der Waals surface area contributed by atoms with Gasteiger partial charge in [-0.2, -0.15) is 0 Å². The highest BCUT2D eigenvalue weighted by atomic mass is 35.5. The zero-order chi connectivity index (χ0) is 14.3. The average molecular weight is 287 g/mol. The van der Waals surface area contributed by atoms with E-state index in [2.05, 4.69) is 5.92 Å². The number of nitrogens with zero attached hydrogens (tertiary/aromatic N) is 1. The third-order valence-corrected chi connectivity index (χ3v) is 3.59. The van der Waals surface area contributed by atoms with Crippen molar-refractivity contribution in [2.45, 2.75) is 16.7 Å². The number of halogens is 1. The van der Waals surface area contributed by atoms with E-state index in [0.717, 1.165) is 16.8 Å². The van der Waals surface area contributed by atoms with Crippen LogP contribution in [0.2, 0.25) is 0 Å². The minimum Gasteiger partial charge on any atom is -0.392 e. The van der Waals surface area contributed by atoms with Crippen LogP contribution in [0.4, 0.5) is 0 Å². The van der Waals surface area contributed by atoms with Gasteiger partial charge >= 0.3 is 5.69 Å². The van der Waals surface area contributed by atoms with Crippen LogP contribution in [-0.4, -0.2) is 44.7 Å². The highest BCUT2D eigenvalue weighted by molar-refractivity contribution is 6.23. The number of aliphatic hydroxyl groups is 2. The van der Waals surface area contributed by atoms with E-state index in [1.54, 1.807) is 0 Å². The molecule has 0 aromatic carbocycles. The Morgan fingerprint density at radius 2 is 2.37 bits per heavy atom. The van der Waals surface area contributed by atoms with E-state index >= 15 is 0 Å². The van der Waals surface area contributed by atoms with Crippen molar-refractivity contribution >= 4 is 11.6 Å². The number of aromatic nitrogens is 2. The summed E-state index contributed by atoms with van der Waals surface area (Å²) in [7, 11) is 0. The smallest absolute Gasteiger partial charge is 0.329 e. The van der Waals surface area contributed by atoms with Gasteiger partial charge in [0, 0.05) is 12.3 Å². The van der Waals surface area contributed by atoms with E-state index in [-0.39, 0.29) is 6.61 Å². The van der Waals surface area contributed by atoms with Crippen molar-refractivity contribution < 1.29 is 14.9 Å². The number of rotatable bonds is 2. The molecule has 2 rings (SSSR count). The third kappa shape index (κ3) is 1.89. The average Bonchev–Trinajstić information content (AvgIpc) is 2.64. The van der Waals surface area contributed by atoms with Crippen LogP contribution in [-0.2, 0) is 9.73 Å². The van der Waals surface area contributed by atoms with Crippen LogP contribution in [0.5, 0.6) is 0 Å². The first-order valence-corrected chi connectivity index (χ1v) is 5.69. The number of hydrogen-bond acceptors (Lipinski definition) is 5. The zero-order valence-electron chi connectivity index (χ0n) is 9.67. The van der Waals surface area contributed by atoms with E-state index in [4.69, 9.17) is 22.8 Å². The first kappa shape index (κ1) is 13.8. The number of aromatic amines is 1. The van der Waals surface area contributed by atoms with Gasteiger partial charge in [-0.05, 0) is 0 Å². The van der Waals surface area contributed by atoms with Crippen molar-refractivity contribution in [3.05, 3.63) is 33.1 Å². The van der Waals surface area contributed by atoms with E-state index in [0.29, 0.717) is 0 Å². The van der Waals surface area contributed by atoms with Gasteiger partial charge in [-0.25, -0.2) is 4.79 Å². The van der Waals surface area contributed by atoms with Crippen molar-refractivity contribution in [3.8, 4) is 12.3 Å². The lowest BCUT2D eigenvalue weighted by molar-refractivity contribution is -0.0508. The van der Waals surface area contributed by atoms with E-state index in [1.807, 2.05) is 4.98 Å². The largest absolute Gasteiger partial charge is 0.392 e. The predicted molar refractivity (Wildman–Crippen MR) is 65.8 cm³/mol. The Hall–Kier alpha value is -1.59. The van der Waals surface area contributed by atoms with Gasteiger partial charge in [0.05, 0.1) is 13.2 Å². The summed E-state index contributed by atoms with van der Waals surface area (Å²) in [6, 6.07) is 1.08. The molecule has 0 radical (unpaired) electrons. The molecule has 0 aliphatic carbocycles. The minimum absolute atomic E-state index is 0.299. The minimum atomic E-state index is -1.70. The second-order valence-electron chi connectivity index (χ2n) is 4.18. The Bertz CT molecular complexity index is 647. The van der Waals surface area contributed by atoms with Gasteiger partial charge in [0.1, 0.15) is 6.10 Å². The molecule has 1 aromatic heterocycles. The Labute approximate surface area is 112 Å². The summed E-state index contributed by atoms with van der Waals surface area (Å²) in [5.41, 5.74) is -3.09. The Morgan fingerprint density at radius 3 is 2.84 bits per heavy atom. The molecule has 3 N–H and O–H groups in total. The van der Waals surface area contributed by atoms with Gasteiger partial charge in [0.2, 0.25) is 0 Å². The topological polar surface area (TPSA) is 105 Å². The summed E-state index contributed by atoms with van der Waals surface area (Å²) >= 11 is 6.21. The molecule has 1 saturated heterocycles. The van der Waals surface area contributed by atoms with Crippen LogP contribution >= 0.6 is 11.6 Å². The summed E-state index contributed by atoms with van der Waals surface area (Å²) in [5.74, 6) is 2.14. The summed E-state index contributed by atoms with van der Waals surface area (Å²) in [6.45, 7) is -0.955. The van der Waals surface area contributed by atoms with Crippen molar-refractivity contribution in [2.75, 3.05) is 13.2 Å². The normalized spacial score (nSPS) is 34.1. The molecule has 1 fully saturated rings. The quantitative estimate of drug-likeness (QED) is 0.439. The number of terminal acetylenes is 1. The van der Waals surface area contributed by atoms with Gasteiger partial charge in [0.15, 0.2) is 10.6 Å². The summed E-state index contributed by atoms with van der Waals surface area (Å²) < 4.78 is 6.10. The standard InChI is InChI=1S/C11H11ClN2O5/c1-2-10(5-15)8(17)11(12,6-19-10)14-4-3-7(16)13-9(14)18/h1,3-4,8,15,17H,5-6H2,(H,13,16,18)/t8-,10-,11-/m1/s1. The fourth-order valence-electron chi connectivity index (χ4n) is 1.95. The van der Waals surface area contributed by atoms with E-state index in [9.17, 15) is 19.8 Å². The zero-order valence-corrected chi connectivity index (χ0v) is 10.4. The molecule has 1 aliphatic rings. The lowest BCUT2D eigenvalue weighted by Crippen LogP contribution is -2.53. The maximum absolute atomic E-state index is 11.7. The second-order valence-corrected chi connectivity index (χ2v) is 4.84. The second kappa shape index (κ2) is 4.51. The fourth-order valence-corrected chi connectivity index (χ4v) is 2.32. The van der Waals surface area contributed by atoms with Crippen LogP contribution in [0.25, 0.3) is 0 Å². The first-order valence-electron chi connectivity index (χ1n) is 5.32. The maximum Gasteiger partial charge on any atom is 0.329 e. The fraction of sp³-hybridized carbons (Fsp3) is 0.455. The summed E-state index contributed by atoms with van der Waals surface area (Å²) in [4.78, 5) is 23.0. The number of H-pyrrole nitrogens is 1. The monoisotopic (exact) mass is 286 g/mol. The molecule has 0 amide bonds. The third-order valence-electron chi connectivity index (χ3n) is 3.10. The predicted octanol–water partition coefficient (Wildman–Crippen LogP) is -1.82. The van der Waals surface area contributed by atoms with Crippen molar-refractivity contribution in [3.63, 3.8) is 0 Å². The molecule has 1 aromatic rings. The molecule has 0 saturated carbocycles. The van der Waals surface area contributed by atoms with Crippen molar-refractivity contribution in [1.29, 1.82) is 0 Å². The molecule has 2 heterocycles. The van der Waals surface area contributed by atoms with Gasteiger partial charge < -0.3 is 14.9 Å².